The van der Waals surface area contributed by atoms with Gasteiger partial charge >= 0.3 is 0 Å². The molecule has 0 aliphatic carbocycles. The molecule has 1 rings (SSSR count). The SMILES string of the molecule is CCCCCCCCCC(S)(S)c1c(Cl)c(Cl)c(Cl)c(Cl)c1Cl. The minimum Gasteiger partial charge on any atom is -0.157 e. The average Bonchev–Trinajstić information content (AvgIpc) is 2.50. The number of halogens is 5. The number of rotatable bonds is 9. The van der Waals surface area contributed by atoms with Crippen LogP contribution in [0.4, 0.5) is 0 Å². The summed E-state index contributed by atoms with van der Waals surface area (Å²) in [5, 5.41) is 1.05. The van der Waals surface area contributed by atoms with Gasteiger partial charge in [-0.15, -0.1) is 0 Å². The van der Waals surface area contributed by atoms with Crippen LogP contribution in [0.1, 0.15) is 63.9 Å². The molecule has 132 valence electrons. The van der Waals surface area contributed by atoms with E-state index in [1.807, 2.05) is 0 Å². The molecule has 0 aliphatic heterocycles. The van der Waals surface area contributed by atoms with Crippen LogP contribution >= 0.6 is 83.3 Å². The molecule has 0 bridgehead atoms. The highest BCUT2D eigenvalue weighted by Crippen LogP contribution is 2.52. The van der Waals surface area contributed by atoms with Crippen LogP contribution in [-0.2, 0) is 4.08 Å². The molecule has 0 aromatic heterocycles. The summed E-state index contributed by atoms with van der Waals surface area (Å²) in [7, 11) is 0. The van der Waals surface area contributed by atoms with E-state index in [0.717, 1.165) is 12.8 Å². The lowest BCUT2D eigenvalue weighted by Gasteiger charge is -2.27. The molecule has 0 unspecified atom stereocenters. The summed E-state index contributed by atoms with van der Waals surface area (Å²) in [5.41, 5.74) is 0.526. The van der Waals surface area contributed by atoms with Gasteiger partial charge in [0.25, 0.3) is 0 Å². The molecule has 0 aliphatic rings. The minimum atomic E-state index is -0.810. The molecule has 1 aromatic rings. The molecule has 0 saturated heterocycles. The second-order valence-corrected chi connectivity index (χ2v) is 9.40. The topological polar surface area (TPSA) is 0 Å². The Morgan fingerprint density at radius 2 is 1.04 bits per heavy atom. The fourth-order valence-electron chi connectivity index (χ4n) is 2.41. The molecule has 0 fully saturated rings. The standard InChI is InChI=1S/C16H21Cl5S2/c1-2-3-4-5-6-7-8-9-16(22,23)10-11(17)13(19)15(21)14(20)12(10)18/h22-23H,2-9H2,1H3. The number of hydrogen-bond acceptors (Lipinski definition) is 2. The highest BCUT2D eigenvalue weighted by Gasteiger charge is 2.32. The molecule has 0 saturated carbocycles. The summed E-state index contributed by atoms with van der Waals surface area (Å²) in [6.45, 7) is 2.21. The van der Waals surface area contributed by atoms with E-state index in [4.69, 9.17) is 58.0 Å². The third-order valence-corrected chi connectivity index (χ3v) is 6.91. The second-order valence-electron chi connectivity index (χ2n) is 5.63. The van der Waals surface area contributed by atoms with Crippen molar-refractivity contribution in [2.75, 3.05) is 0 Å². The third kappa shape index (κ3) is 6.24. The van der Waals surface area contributed by atoms with Crippen molar-refractivity contribution < 1.29 is 0 Å². The van der Waals surface area contributed by atoms with Gasteiger partial charge in [0.2, 0.25) is 0 Å². The summed E-state index contributed by atoms with van der Waals surface area (Å²) in [6, 6.07) is 0. The molecule has 0 heterocycles. The van der Waals surface area contributed by atoms with Crippen LogP contribution in [0.25, 0.3) is 0 Å². The van der Waals surface area contributed by atoms with E-state index in [2.05, 4.69) is 32.2 Å². The first-order valence-corrected chi connectivity index (χ1v) is 10.5. The van der Waals surface area contributed by atoms with Gasteiger partial charge in [-0.2, -0.15) is 25.3 Å². The zero-order valence-corrected chi connectivity index (χ0v) is 18.5. The van der Waals surface area contributed by atoms with E-state index in [0.29, 0.717) is 12.0 Å². The lowest BCUT2D eigenvalue weighted by atomic mass is 10.0. The number of thiol groups is 2. The van der Waals surface area contributed by atoms with Crippen LogP contribution < -0.4 is 0 Å². The Kier molecular flexibility index (Phi) is 10.2. The normalized spacial score (nSPS) is 12.0. The van der Waals surface area contributed by atoms with Crippen LogP contribution in [0.2, 0.25) is 25.1 Å². The fourth-order valence-corrected chi connectivity index (χ4v) is 4.90. The Balaban J connectivity index is 2.74. The molecule has 0 radical (unpaired) electrons. The van der Waals surface area contributed by atoms with Crippen molar-refractivity contribution in [2.45, 2.75) is 62.4 Å². The number of unbranched alkanes of at least 4 members (excludes halogenated alkanes) is 6. The van der Waals surface area contributed by atoms with Gasteiger partial charge < -0.3 is 0 Å². The fraction of sp³-hybridized carbons (Fsp3) is 0.625. The van der Waals surface area contributed by atoms with Crippen LogP contribution in [0, 0.1) is 0 Å². The van der Waals surface area contributed by atoms with E-state index in [1.165, 1.54) is 32.1 Å². The second kappa shape index (κ2) is 10.5. The number of hydrogen-bond donors (Lipinski definition) is 2. The summed E-state index contributed by atoms with van der Waals surface area (Å²) < 4.78 is -0.810. The molecule has 0 N–H and O–H groups in total. The lowest BCUT2D eigenvalue weighted by molar-refractivity contribution is 0.567. The predicted octanol–water partition coefficient (Wildman–Crippen LogP) is 9.11. The smallest absolute Gasteiger partial charge is 0.0832 e. The molecule has 0 nitrogen and oxygen atoms in total. The van der Waals surface area contributed by atoms with Gasteiger partial charge in [0.05, 0.1) is 29.2 Å². The van der Waals surface area contributed by atoms with Crippen LogP contribution in [0.15, 0.2) is 0 Å². The summed E-state index contributed by atoms with van der Waals surface area (Å²) >= 11 is 40.1. The Labute approximate surface area is 175 Å². The van der Waals surface area contributed by atoms with Gasteiger partial charge in [0, 0.05) is 5.56 Å². The minimum absolute atomic E-state index is 0.153. The van der Waals surface area contributed by atoms with Gasteiger partial charge in [-0.05, 0) is 6.42 Å². The first kappa shape index (κ1) is 22.4. The molecule has 7 heteroatoms. The zero-order valence-electron chi connectivity index (χ0n) is 12.9. The molecular weight excluding hydrogens is 434 g/mol. The van der Waals surface area contributed by atoms with Crippen LogP contribution in [-0.4, -0.2) is 0 Å². The van der Waals surface area contributed by atoms with Crippen molar-refractivity contribution in [3.05, 3.63) is 30.7 Å². The van der Waals surface area contributed by atoms with Crippen molar-refractivity contribution in [1.29, 1.82) is 0 Å². The average molecular weight is 455 g/mol. The van der Waals surface area contributed by atoms with Gasteiger partial charge in [-0.1, -0.05) is 110 Å². The van der Waals surface area contributed by atoms with Gasteiger partial charge in [0.1, 0.15) is 0 Å². The quantitative estimate of drug-likeness (QED) is 0.120. The maximum absolute atomic E-state index is 6.30. The molecule has 23 heavy (non-hydrogen) atoms. The van der Waals surface area contributed by atoms with Crippen molar-refractivity contribution in [3.63, 3.8) is 0 Å². The largest absolute Gasteiger partial charge is 0.157 e. The Morgan fingerprint density at radius 3 is 1.52 bits per heavy atom. The Hall–Kier alpha value is 1.37. The first-order valence-electron chi connectivity index (χ1n) is 7.70. The maximum atomic E-state index is 6.30. The zero-order chi connectivity index (χ0) is 17.6. The number of benzene rings is 1. The van der Waals surface area contributed by atoms with E-state index in [1.54, 1.807) is 0 Å². The molecule has 0 spiro atoms. The monoisotopic (exact) mass is 452 g/mol. The highest BCUT2D eigenvalue weighted by atomic mass is 35.5. The highest BCUT2D eigenvalue weighted by molar-refractivity contribution is 7.99. The van der Waals surface area contributed by atoms with Crippen LogP contribution in [0.3, 0.4) is 0 Å². The van der Waals surface area contributed by atoms with Crippen molar-refractivity contribution >= 4 is 83.3 Å². The van der Waals surface area contributed by atoms with Gasteiger partial charge in [-0.25, -0.2) is 0 Å². The van der Waals surface area contributed by atoms with Crippen molar-refractivity contribution in [1.82, 2.24) is 0 Å². The van der Waals surface area contributed by atoms with Crippen molar-refractivity contribution in [3.8, 4) is 0 Å². The Morgan fingerprint density at radius 1 is 0.652 bits per heavy atom. The summed E-state index contributed by atoms with van der Waals surface area (Å²) in [6.07, 6.45) is 9.13. The summed E-state index contributed by atoms with van der Waals surface area (Å²) in [5.74, 6) is 0. The first-order chi connectivity index (χ1) is 10.7. The summed E-state index contributed by atoms with van der Waals surface area (Å²) in [4.78, 5) is 0. The molecule has 0 amide bonds. The Bertz CT molecular complexity index is 503. The van der Waals surface area contributed by atoms with E-state index >= 15 is 0 Å². The predicted molar refractivity (Wildman–Crippen MR) is 114 cm³/mol. The molecular formula is C16H21Cl5S2. The van der Waals surface area contributed by atoms with Crippen molar-refractivity contribution in [2.24, 2.45) is 0 Å². The third-order valence-electron chi connectivity index (χ3n) is 3.74. The van der Waals surface area contributed by atoms with Gasteiger partial charge in [0.15, 0.2) is 0 Å². The van der Waals surface area contributed by atoms with Gasteiger partial charge in [-0.3, -0.25) is 0 Å². The lowest BCUT2D eigenvalue weighted by Crippen LogP contribution is -2.13. The van der Waals surface area contributed by atoms with E-state index < -0.39 is 4.08 Å². The molecule has 0 atom stereocenters. The molecule has 1 aromatic carbocycles. The van der Waals surface area contributed by atoms with E-state index in [-0.39, 0.29) is 25.1 Å². The maximum Gasteiger partial charge on any atom is 0.0832 e. The van der Waals surface area contributed by atoms with E-state index in [9.17, 15) is 0 Å². The van der Waals surface area contributed by atoms with Crippen LogP contribution in [0.5, 0.6) is 0 Å².